The van der Waals surface area contributed by atoms with Crippen LogP contribution in [-0.2, 0) is 4.79 Å². The molecule has 1 heterocycles. The van der Waals surface area contributed by atoms with Crippen molar-refractivity contribution < 1.29 is 9.90 Å². The maximum absolute atomic E-state index is 10.6. The van der Waals surface area contributed by atoms with Gasteiger partial charge in [0.05, 0.1) is 0 Å². The fourth-order valence-corrected chi connectivity index (χ4v) is 1.80. The third-order valence-corrected chi connectivity index (χ3v) is 2.45. The van der Waals surface area contributed by atoms with Crippen LogP contribution in [0.4, 0.5) is 0 Å². The van der Waals surface area contributed by atoms with Crippen molar-refractivity contribution in [1.29, 1.82) is 0 Å². The normalized spacial score (nSPS) is 38.2. The van der Waals surface area contributed by atoms with E-state index >= 15 is 0 Å². The Balaban J connectivity index is 2.10. The number of carbonyl (C=O) groups is 1. The van der Waals surface area contributed by atoms with E-state index in [9.17, 15) is 4.79 Å². The Morgan fingerprint density at radius 2 is 2.17 bits per heavy atom. The number of aliphatic carboxylic acids is 1. The highest BCUT2D eigenvalue weighted by Crippen LogP contribution is 2.25. The Bertz CT molecular complexity index is 237. The van der Waals surface area contributed by atoms with Gasteiger partial charge in [0.25, 0.3) is 0 Å². The molecule has 2 unspecified atom stereocenters. The van der Waals surface area contributed by atoms with Gasteiger partial charge in [-0.2, -0.15) is 0 Å². The van der Waals surface area contributed by atoms with Crippen molar-refractivity contribution in [2.24, 2.45) is 5.92 Å². The van der Waals surface area contributed by atoms with E-state index in [2.05, 4.69) is 11.4 Å². The zero-order chi connectivity index (χ0) is 8.55. The number of nitrogens with one attached hydrogen (secondary N) is 1. The molecule has 0 aromatic heterocycles. The topological polar surface area (TPSA) is 49.3 Å². The van der Waals surface area contributed by atoms with Crippen LogP contribution in [0.1, 0.15) is 6.42 Å². The van der Waals surface area contributed by atoms with E-state index in [0.29, 0.717) is 12.3 Å². The van der Waals surface area contributed by atoms with Crippen molar-refractivity contribution in [1.82, 2.24) is 5.32 Å². The van der Waals surface area contributed by atoms with Crippen LogP contribution in [0.2, 0.25) is 0 Å². The number of carboxylic acid groups (broad SMARTS) is 1. The van der Waals surface area contributed by atoms with Gasteiger partial charge in [0.2, 0.25) is 0 Å². The van der Waals surface area contributed by atoms with Crippen LogP contribution in [0.25, 0.3) is 0 Å². The summed E-state index contributed by atoms with van der Waals surface area (Å²) in [5, 5.41) is 11.8. The van der Waals surface area contributed by atoms with Gasteiger partial charge >= 0.3 is 5.97 Å². The summed E-state index contributed by atoms with van der Waals surface area (Å²) in [6.07, 6.45) is 8.74. The molecule has 12 heavy (non-hydrogen) atoms. The molecule has 1 fully saturated rings. The van der Waals surface area contributed by atoms with Crippen LogP contribution in [0.5, 0.6) is 0 Å². The Morgan fingerprint density at radius 1 is 1.42 bits per heavy atom. The largest absolute Gasteiger partial charge is 0.480 e. The first kappa shape index (κ1) is 7.55. The molecule has 2 rings (SSSR count). The lowest BCUT2D eigenvalue weighted by molar-refractivity contribution is -0.139. The monoisotopic (exact) mass is 165 g/mol. The molecule has 3 nitrogen and oxygen atoms in total. The number of hydrogen-bond donors (Lipinski definition) is 2. The molecule has 0 radical (unpaired) electrons. The number of rotatable bonds is 1. The molecule has 2 N–H and O–H groups in total. The second-order valence-electron chi connectivity index (χ2n) is 3.25. The highest BCUT2D eigenvalue weighted by atomic mass is 16.4. The number of allylic oxidation sites excluding steroid dienone is 2. The highest BCUT2D eigenvalue weighted by molar-refractivity contribution is 5.74. The molecule has 0 amide bonds. The Morgan fingerprint density at radius 3 is 2.83 bits per heavy atom. The summed E-state index contributed by atoms with van der Waals surface area (Å²) in [6, 6.07) is -0.136. The van der Waals surface area contributed by atoms with E-state index in [0.717, 1.165) is 0 Å². The minimum atomic E-state index is -0.744. The number of hydrogen-bond acceptors (Lipinski definition) is 2. The third kappa shape index (κ3) is 1.16. The SMILES string of the molecule is O=C(O)[C@H]1CC2C=CC=CC2N1. The molecule has 3 heteroatoms. The van der Waals surface area contributed by atoms with E-state index in [1.807, 2.05) is 18.2 Å². The molecular formula is C9H11NO2. The molecule has 1 saturated heterocycles. The van der Waals surface area contributed by atoms with Gasteiger partial charge in [-0.15, -0.1) is 0 Å². The number of carboxylic acids is 1. The van der Waals surface area contributed by atoms with Crippen molar-refractivity contribution in [3.05, 3.63) is 24.3 Å². The Kier molecular flexibility index (Phi) is 1.73. The molecule has 1 aliphatic heterocycles. The summed E-state index contributed by atoms with van der Waals surface area (Å²) in [5.41, 5.74) is 0. The van der Waals surface area contributed by atoms with Gasteiger partial charge in [-0.25, -0.2) is 0 Å². The summed E-state index contributed by atoms with van der Waals surface area (Å²) in [5.74, 6) is -0.373. The second kappa shape index (κ2) is 2.75. The molecule has 0 bridgehead atoms. The molecule has 0 aromatic rings. The van der Waals surface area contributed by atoms with Gasteiger partial charge in [-0.05, 0) is 12.3 Å². The van der Waals surface area contributed by atoms with E-state index in [4.69, 9.17) is 5.11 Å². The minimum absolute atomic E-state index is 0.232. The Labute approximate surface area is 70.8 Å². The molecule has 2 aliphatic rings. The molecule has 64 valence electrons. The fraction of sp³-hybridized carbons (Fsp3) is 0.444. The van der Waals surface area contributed by atoms with Crippen LogP contribution in [0.3, 0.4) is 0 Å². The lowest BCUT2D eigenvalue weighted by Crippen LogP contribution is -2.35. The van der Waals surface area contributed by atoms with Crippen LogP contribution in [0, 0.1) is 5.92 Å². The lowest BCUT2D eigenvalue weighted by atomic mass is 9.95. The summed E-state index contributed by atoms with van der Waals surface area (Å²) in [6.45, 7) is 0. The zero-order valence-corrected chi connectivity index (χ0v) is 6.60. The molecular weight excluding hydrogens is 154 g/mol. The van der Waals surface area contributed by atoms with E-state index in [1.54, 1.807) is 0 Å². The van der Waals surface area contributed by atoms with E-state index in [-0.39, 0.29) is 12.1 Å². The fourth-order valence-electron chi connectivity index (χ4n) is 1.80. The summed E-state index contributed by atoms with van der Waals surface area (Å²) in [7, 11) is 0. The smallest absolute Gasteiger partial charge is 0.320 e. The summed E-state index contributed by atoms with van der Waals surface area (Å²) in [4.78, 5) is 10.6. The second-order valence-corrected chi connectivity index (χ2v) is 3.25. The van der Waals surface area contributed by atoms with Gasteiger partial charge in [-0.1, -0.05) is 24.3 Å². The van der Waals surface area contributed by atoms with Gasteiger partial charge in [-0.3, -0.25) is 10.1 Å². The van der Waals surface area contributed by atoms with Crippen molar-refractivity contribution in [2.75, 3.05) is 0 Å². The van der Waals surface area contributed by atoms with Gasteiger partial charge in [0, 0.05) is 6.04 Å². The first-order valence-electron chi connectivity index (χ1n) is 4.11. The van der Waals surface area contributed by atoms with Crippen LogP contribution >= 0.6 is 0 Å². The van der Waals surface area contributed by atoms with Crippen molar-refractivity contribution in [3.63, 3.8) is 0 Å². The quantitative estimate of drug-likeness (QED) is 0.596. The van der Waals surface area contributed by atoms with Crippen molar-refractivity contribution in [3.8, 4) is 0 Å². The predicted molar refractivity (Wildman–Crippen MR) is 44.7 cm³/mol. The van der Waals surface area contributed by atoms with Crippen LogP contribution < -0.4 is 5.32 Å². The van der Waals surface area contributed by atoms with Crippen LogP contribution in [0.15, 0.2) is 24.3 Å². The molecule has 0 spiro atoms. The van der Waals surface area contributed by atoms with Crippen LogP contribution in [-0.4, -0.2) is 23.2 Å². The van der Waals surface area contributed by atoms with Gasteiger partial charge < -0.3 is 5.11 Å². The van der Waals surface area contributed by atoms with Gasteiger partial charge in [0.1, 0.15) is 6.04 Å². The maximum Gasteiger partial charge on any atom is 0.320 e. The molecule has 0 aromatic carbocycles. The minimum Gasteiger partial charge on any atom is -0.480 e. The first-order valence-corrected chi connectivity index (χ1v) is 4.11. The van der Waals surface area contributed by atoms with Crippen molar-refractivity contribution in [2.45, 2.75) is 18.5 Å². The maximum atomic E-state index is 10.6. The highest BCUT2D eigenvalue weighted by Gasteiger charge is 2.34. The molecule has 3 atom stereocenters. The first-order chi connectivity index (χ1) is 5.77. The van der Waals surface area contributed by atoms with Crippen molar-refractivity contribution >= 4 is 5.97 Å². The standard InChI is InChI=1S/C9H11NO2/c11-9(12)8-5-6-3-1-2-4-7(6)10-8/h1-4,6-8,10H,5H2,(H,11,12)/t6?,7?,8-/m1/s1. The average Bonchev–Trinajstić information content (AvgIpc) is 2.46. The lowest BCUT2D eigenvalue weighted by Gasteiger charge is -2.13. The average molecular weight is 165 g/mol. The number of fused-ring (bicyclic) bond motifs is 1. The summed E-state index contributed by atoms with van der Waals surface area (Å²) < 4.78 is 0. The predicted octanol–water partition coefficient (Wildman–Crippen LogP) is 0.544. The molecule has 0 saturated carbocycles. The van der Waals surface area contributed by atoms with E-state index < -0.39 is 5.97 Å². The summed E-state index contributed by atoms with van der Waals surface area (Å²) >= 11 is 0. The third-order valence-electron chi connectivity index (χ3n) is 2.45. The van der Waals surface area contributed by atoms with Gasteiger partial charge in [0.15, 0.2) is 0 Å². The Hall–Kier alpha value is -1.09. The molecule has 1 aliphatic carbocycles. The van der Waals surface area contributed by atoms with E-state index in [1.165, 1.54) is 0 Å². The zero-order valence-electron chi connectivity index (χ0n) is 6.60.